The number of nitrogens with one attached hydrogen (secondary N) is 2. The first-order chi connectivity index (χ1) is 14.5. The van der Waals surface area contributed by atoms with Crippen LogP contribution in [-0.4, -0.2) is 16.0 Å². The van der Waals surface area contributed by atoms with Crippen molar-refractivity contribution in [3.05, 3.63) is 84.4 Å². The summed E-state index contributed by atoms with van der Waals surface area (Å²) < 4.78 is 47.4. The monoisotopic (exact) mass is 410 g/mol. The van der Waals surface area contributed by atoms with Crippen LogP contribution in [0.1, 0.15) is 0 Å². The van der Waals surface area contributed by atoms with Gasteiger partial charge in [-0.1, -0.05) is 6.07 Å². The summed E-state index contributed by atoms with van der Waals surface area (Å²) in [6.45, 7) is 0. The lowest BCUT2D eigenvalue weighted by atomic mass is 10.2. The van der Waals surface area contributed by atoms with Crippen molar-refractivity contribution in [1.29, 1.82) is 0 Å². The molecule has 0 saturated heterocycles. The summed E-state index contributed by atoms with van der Waals surface area (Å²) in [6.07, 6.45) is 3.04. The van der Waals surface area contributed by atoms with E-state index >= 15 is 0 Å². The maximum Gasteiger partial charge on any atom is 0.323 e. The summed E-state index contributed by atoms with van der Waals surface area (Å²) in [5, 5.41) is 4.50. The third-order valence-corrected chi connectivity index (χ3v) is 4.05. The van der Waals surface area contributed by atoms with Crippen LogP contribution in [0.15, 0.2) is 67.0 Å². The fraction of sp³-hybridized carbons (Fsp3) is 0. The van der Waals surface area contributed by atoms with Gasteiger partial charge in [0.05, 0.1) is 16.7 Å². The SMILES string of the molecule is O=C(Nc1cccc(F)c1)Nc1ccc(Oc2ccc3nccnc3c2)c(F)c1F. The summed E-state index contributed by atoms with van der Waals surface area (Å²) in [4.78, 5) is 20.2. The molecule has 6 nitrogen and oxygen atoms in total. The van der Waals surface area contributed by atoms with Crippen molar-refractivity contribution in [2.75, 3.05) is 10.6 Å². The number of nitrogens with zero attached hydrogens (tertiary/aromatic N) is 2. The van der Waals surface area contributed by atoms with E-state index in [1.165, 1.54) is 42.7 Å². The Balaban J connectivity index is 1.50. The highest BCUT2D eigenvalue weighted by Crippen LogP contribution is 2.30. The van der Waals surface area contributed by atoms with Gasteiger partial charge in [0.1, 0.15) is 11.6 Å². The molecule has 1 aromatic heterocycles. The van der Waals surface area contributed by atoms with E-state index in [0.717, 1.165) is 12.1 Å². The molecule has 0 fully saturated rings. The number of carbonyl (C=O) groups is 1. The fourth-order valence-corrected chi connectivity index (χ4v) is 2.69. The zero-order valence-electron chi connectivity index (χ0n) is 15.2. The van der Waals surface area contributed by atoms with Crippen LogP contribution in [-0.2, 0) is 0 Å². The lowest BCUT2D eigenvalue weighted by Gasteiger charge is -2.12. The number of rotatable bonds is 4. The number of aromatic nitrogens is 2. The molecule has 0 spiro atoms. The molecule has 4 aromatic rings. The number of carbonyl (C=O) groups excluding carboxylic acids is 1. The fourth-order valence-electron chi connectivity index (χ4n) is 2.69. The first-order valence-corrected chi connectivity index (χ1v) is 8.70. The van der Waals surface area contributed by atoms with Crippen LogP contribution in [0.5, 0.6) is 11.5 Å². The van der Waals surface area contributed by atoms with Crippen LogP contribution in [0, 0.1) is 17.5 Å². The topological polar surface area (TPSA) is 76.1 Å². The molecule has 0 aliphatic rings. The lowest BCUT2D eigenvalue weighted by molar-refractivity contribution is 0.262. The molecule has 2 N–H and O–H groups in total. The third kappa shape index (κ3) is 4.14. The van der Waals surface area contributed by atoms with E-state index < -0.39 is 29.2 Å². The summed E-state index contributed by atoms with van der Waals surface area (Å²) >= 11 is 0. The van der Waals surface area contributed by atoms with E-state index in [9.17, 15) is 18.0 Å². The molecule has 150 valence electrons. The number of urea groups is 1. The Bertz CT molecular complexity index is 1250. The maximum atomic E-state index is 14.4. The predicted octanol–water partition coefficient (Wildman–Crippen LogP) is 5.48. The van der Waals surface area contributed by atoms with Gasteiger partial charge in [-0.25, -0.2) is 13.6 Å². The molecule has 0 atom stereocenters. The second-order valence-electron chi connectivity index (χ2n) is 6.14. The molecule has 0 saturated carbocycles. The van der Waals surface area contributed by atoms with E-state index in [0.29, 0.717) is 11.0 Å². The van der Waals surface area contributed by atoms with Gasteiger partial charge in [-0.2, -0.15) is 4.39 Å². The minimum absolute atomic E-state index is 0.160. The van der Waals surface area contributed by atoms with Gasteiger partial charge in [0.2, 0.25) is 5.82 Å². The van der Waals surface area contributed by atoms with Crippen molar-refractivity contribution >= 4 is 28.4 Å². The highest BCUT2D eigenvalue weighted by atomic mass is 19.2. The predicted molar refractivity (Wildman–Crippen MR) is 105 cm³/mol. The lowest BCUT2D eigenvalue weighted by Crippen LogP contribution is -2.20. The van der Waals surface area contributed by atoms with Crippen LogP contribution in [0.25, 0.3) is 11.0 Å². The molecular formula is C21H13F3N4O2. The molecule has 1 heterocycles. The summed E-state index contributed by atoms with van der Waals surface area (Å²) in [5.41, 5.74) is 0.911. The molecular weight excluding hydrogens is 397 g/mol. The van der Waals surface area contributed by atoms with Gasteiger partial charge >= 0.3 is 6.03 Å². The minimum Gasteiger partial charge on any atom is -0.454 e. The van der Waals surface area contributed by atoms with E-state index in [2.05, 4.69) is 20.6 Å². The first kappa shape index (κ1) is 19.2. The summed E-state index contributed by atoms with van der Waals surface area (Å²) in [6, 6.07) is 11.3. The van der Waals surface area contributed by atoms with Gasteiger partial charge in [-0.3, -0.25) is 9.97 Å². The van der Waals surface area contributed by atoms with Crippen molar-refractivity contribution in [1.82, 2.24) is 9.97 Å². The number of anilines is 2. The number of benzene rings is 3. The Morgan fingerprint density at radius 3 is 2.43 bits per heavy atom. The molecule has 0 aliphatic heterocycles. The smallest absolute Gasteiger partial charge is 0.323 e. The first-order valence-electron chi connectivity index (χ1n) is 8.70. The van der Waals surface area contributed by atoms with Crippen LogP contribution >= 0.6 is 0 Å². The van der Waals surface area contributed by atoms with Crippen molar-refractivity contribution in [2.45, 2.75) is 0 Å². The molecule has 9 heteroatoms. The van der Waals surface area contributed by atoms with Crippen molar-refractivity contribution in [3.63, 3.8) is 0 Å². The maximum absolute atomic E-state index is 14.4. The Kier molecular flexibility index (Phi) is 5.17. The van der Waals surface area contributed by atoms with Crippen LogP contribution in [0.3, 0.4) is 0 Å². The minimum atomic E-state index is -1.30. The van der Waals surface area contributed by atoms with Gasteiger partial charge in [-0.15, -0.1) is 0 Å². The Hall–Kier alpha value is -4.14. The highest BCUT2D eigenvalue weighted by Gasteiger charge is 2.17. The van der Waals surface area contributed by atoms with E-state index in [1.807, 2.05) is 0 Å². The van der Waals surface area contributed by atoms with Crippen LogP contribution in [0.2, 0.25) is 0 Å². The Labute approximate surface area is 168 Å². The second kappa shape index (κ2) is 8.08. The molecule has 3 aromatic carbocycles. The zero-order chi connectivity index (χ0) is 21.1. The number of hydrogen-bond donors (Lipinski definition) is 2. The van der Waals surface area contributed by atoms with Gasteiger partial charge in [0.15, 0.2) is 11.6 Å². The molecule has 0 unspecified atom stereocenters. The second-order valence-corrected chi connectivity index (χ2v) is 6.14. The number of fused-ring (bicyclic) bond motifs is 1. The van der Waals surface area contributed by atoms with Gasteiger partial charge in [-0.05, 0) is 42.5 Å². The summed E-state index contributed by atoms with van der Waals surface area (Å²) in [5.74, 6) is -3.26. The average molecular weight is 410 g/mol. The van der Waals surface area contributed by atoms with Crippen molar-refractivity contribution in [2.24, 2.45) is 0 Å². The largest absolute Gasteiger partial charge is 0.454 e. The zero-order valence-corrected chi connectivity index (χ0v) is 15.2. The van der Waals surface area contributed by atoms with Gasteiger partial charge in [0.25, 0.3) is 0 Å². The number of amides is 2. The Morgan fingerprint density at radius 2 is 1.63 bits per heavy atom. The van der Waals surface area contributed by atoms with E-state index in [1.54, 1.807) is 12.1 Å². The number of halogens is 3. The molecule has 30 heavy (non-hydrogen) atoms. The molecule has 0 aliphatic carbocycles. The molecule has 0 radical (unpaired) electrons. The van der Waals surface area contributed by atoms with Gasteiger partial charge < -0.3 is 15.4 Å². The number of hydrogen-bond acceptors (Lipinski definition) is 4. The van der Waals surface area contributed by atoms with Crippen molar-refractivity contribution < 1.29 is 22.7 Å². The quantitative estimate of drug-likeness (QED) is 0.467. The average Bonchev–Trinajstić information content (AvgIpc) is 2.73. The van der Waals surface area contributed by atoms with Crippen LogP contribution in [0.4, 0.5) is 29.3 Å². The molecule has 2 amide bonds. The normalized spacial score (nSPS) is 10.6. The Morgan fingerprint density at radius 1 is 0.833 bits per heavy atom. The number of ether oxygens (including phenoxy) is 1. The van der Waals surface area contributed by atoms with E-state index in [-0.39, 0.29) is 17.2 Å². The molecule has 4 rings (SSSR count). The highest BCUT2D eigenvalue weighted by molar-refractivity contribution is 5.99. The van der Waals surface area contributed by atoms with Gasteiger partial charge in [0, 0.05) is 24.1 Å². The van der Waals surface area contributed by atoms with Crippen LogP contribution < -0.4 is 15.4 Å². The molecule has 0 bridgehead atoms. The van der Waals surface area contributed by atoms with E-state index in [4.69, 9.17) is 4.74 Å². The van der Waals surface area contributed by atoms with Crippen molar-refractivity contribution in [3.8, 4) is 11.5 Å². The summed E-state index contributed by atoms with van der Waals surface area (Å²) in [7, 11) is 0. The standard InChI is InChI=1S/C21H13F3N4O2/c22-12-2-1-3-13(10-12)27-21(29)28-16-6-7-18(20(24)19(16)23)30-14-4-5-15-17(11-14)26-9-8-25-15/h1-11H,(H2,27,28,29). The third-order valence-electron chi connectivity index (χ3n) is 4.05.